The van der Waals surface area contributed by atoms with Crippen molar-refractivity contribution in [1.82, 2.24) is 0 Å². The standard InChI is InChI=1S/C11H13BrO/c12-11-7-4-6-10(9-11)5-2-1-3-8-13/h1-2,4,6-7,9,13H,3,5,8H2/b2-1-. The molecule has 13 heavy (non-hydrogen) atoms. The number of halogens is 1. The van der Waals surface area contributed by atoms with Crippen molar-refractivity contribution in [3.63, 3.8) is 0 Å². The van der Waals surface area contributed by atoms with Gasteiger partial charge in [0.2, 0.25) is 0 Å². The molecule has 0 saturated carbocycles. The van der Waals surface area contributed by atoms with Crippen molar-refractivity contribution < 1.29 is 5.11 Å². The van der Waals surface area contributed by atoms with E-state index in [2.05, 4.69) is 34.1 Å². The Morgan fingerprint density at radius 2 is 2.15 bits per heavy atom. The third-order valence-electron chi connectivity index (χ3n) is 1.71. The fourth-order valence-corrected chi connectivity index (χ4v) is 1.52. The zero-order valence-electron chi connectivity index (χ0n) is 7.41. The van der Waals surface area contributed by atoms with Crippen LogP contribution in [-0.2, 0) is 6.42 Å². The first kappa shape index (κ1) is 10.5. The van der Waals surface area contributed by atoms with E-state index in [4.69, 9.17) is 5.11 Å². The first-order chi connectivity index (χ1) is 6.33. The first-order valence-corrected chi connectivity index (χ1v) is 5.12. The number of rotatable bonds is 4. The molecule has 0 spiro atoms. The minimum absolute atomic E-state index is 0.231. The molecular weight excluding hydrogens is 228 g/mol. The Morgan fingerprint density at radius 1 is 1.31 bits per heavy atom. The Bertz CT molecular complexity index is 281. The lowest BCUT2D eigenvalue weighted by atomic mass is 10.1. The number of hydrogen-bond acceptors (Lipinski definition) is 1. The van der Waals surface area contributed by atoms with Crippen molar-refractivity contribution >= 4 is 15.9 Å². The molecule has 1 aromatic carbocycles. The van der Waals surface area contributed by atoms with Crippen molar-refractivity contribution in [3.05, 3.63) is 46.5 Å². The minimum Gasteiger partial charge on any atom is -0.396 e. The second-order valence-corrected chi connectivity index (χ2v) is 3.73. The summed E-state index contributed by atoms with van der Waals surface area (Å²) in [6.45, 7) is 0.231. The summed E-state index contributed by atoms with van der Waals surface area (Å²) in [6.07, 6.45) is 5.76. The Balaban J connectivity index is 2.45. The predicted octanol–water partition coefficient (Wildman–Crippen LogP) is 2.93. The normalized spacial score (nSPS) is 10.9. The fraction of sp³-hybridized carbons (Fsp3) is 0.273. The molecule has 0 unspecified atom stereocenters. The number of benzene rings is 1. The van der Waals surface area contributed by atoms with Crippen LogP contribution in [0.4, 0.5) is 0 Å². The molecule has 0 fully saturated rings. The van der Waals surface area contributed by atoms with Crippen LogP contribution in [0.15, 0.2) is 40.9 Å². The Labute approximate surface area is 87.2 Å². The summed E-state index contributed by atoms with van der Waals surface area (Å²) in [5, 5.41) is 8.55. The Hall–Kier alpha value is -0.600. The number of allylic oxidation sites excluding steroid dienone is 1. The van der Waals surface area contributed by atoms with Crippen molar-refractivity contribution in [2.24, 2.45) is 0 Å². The molecule has 0 radical (unpaired) electrons. The zero-order valence-corrected chi connectivity index (χ0v) is 9.00. The average Bonchev–Trinajstić information content (AvgIpc) is 2.13. The van der Waals surface area contributed by atoms with Gasteiger partial charge in [-0.1, -0.05) is 40.2 Å². The number of aliphatic hydroxyl groups is 1. The zero-order chi connectivity index (χ0) is 9.52. The highest BCUT2D eigenvalue weighted by atomic mass is 79.9. The molecule has 2 heteroatoms. The minimum atomic E-state index is 0.231. The van der Waals surface area contributed by atoms with Crippen molar-refractivity contribution in [2.75, 3.05) is 6.61 Å². The maximum atomic E-state index is 8.55. The first-order valence-electron chi connectivity index (χ1n) is 4.33. The van der Waals surface area contributed by atoms with Gasteiger partial charge in [-0.05, 0) is 30.5 Å². The van der Waals surface area contributed by atoms with Crippen LogP contribution in [0.3, 0.4) is 0 Å². The van der Waals surface area contributed by atoms with E-state index in [-0.39, 0.29) is 6.61 Å². The maximum Gasteiger partial charge on any atom is 0.0465 e. The van der Waals surface area contributed by atoms with E-state index in [0.29, 0.717) is 0 Å². The lowest BCUT2D eigenvalue weighted by molar-refractivity contribution is 0.302. The van der Waals surface area contributed by atoms with E-state index in [9.17, 15) is 0 Å². The lowest BCUT2D eigenvalue weighted by Gasteiger charge is -1.96. The van der Waals surface area contributed by atoms with Gasteiger partial charge < -0.3 is 5.11 Å². The van der Waals surface area contributed by atoms with Crippen LogP contribution in [0.5, 0.6) is 0 Å². The van der Waals surface area contributed by atoms with Gasteiger partial charge in [0.1, 0.15) is 0 Å². The van der Waals surface area contributed by atoms with Gasteiger partial charge in [-0.15, -0.1) is 0 Å². The van der Waals surface area contributed by atoms with Crippen LogP contribution < -0.4 is 0 Å². The van der Waals surface area contributed by atoms with Gasteiger partial charge in [0.05, 0.1) is 0 Å². The lowest BCUT2D eigenvalue weighted by Crippen LogP contribution is -1.81. The van der Waals surface area contributed by atoms with E-state index < -0.39 is 0 Å². The third kappa shape index (κ3) is 4.25. The third-order valence-corrected chi connectivity index (χ3v) is 2.20. The van der Waals surface area contributed by atoms with Crippen LogP contribution in [0.25, 0.3) is 0 Å². The molecule has 1 nitrogen and oxygen atoms in total. The molecule has 1 rings (SSSR count). The van der Waals surface area contributed by atoms with Gasteiger partial charge in [0, 0.05) is 11.1 Å². The van der Waals surface area contributed by atoms with Gasteiger partial charge in [0.25, 0.3) is 0 Å². The smallest absolute Gasteiger partial charge is 0.0465 e. The fourth-order valence-electron chi connectivity index (χ4n) is 1.08. The molecule has 0 aliphatic heterocycles. The SMILES string of the molecule is OCC/C=C\Cc1cccc(Br)c1. The molecule has 0 atom stereocenters. The number of hydrogen-bond donors (Lipinski definition) is 1. The predicted molar refractivity (Wildman–Crippen MR) is 58.7 cm³/mol. The molecule has 0 heterocycles. The summed E-state index contributed by atoms with van der Waals surface area (Å²) in [5.41, 5.74) is 1.28. The molecule has 0 aliphatic carbocycles. The molecule has 0 saturated heterocycles. The largest absolute Gasteiger partial charge is 0.396 e. The summed E-state index contributed by atoms with van der Waals surface area (Å²) >= 11 is 3.42. The topological polar surface area (TPSA) is 20.2 Å². The van der Waals surface area contributed by atoms with Crippen LogP contribution in [0, 0.1) is 0 Å². The number of aliphatic hydroxyl groups excluding tert-OH is 1. The van der Waals surface area contributed by atoms with Crippen LogP contribution >= 0.6 is 15.9 Å². The van der Waals surface area contributed by atoms with Gasteiger partial charge in [-0.3, -0.25) is 0 Å². The molecule has 1 aromatic rings. The van der Waals surface area contributed by atoms with Gasteiger partial charge >= 0.3 is 0 Å². The van der Waals surface area contributed by atoms with Crippen LogP contribution in [-0.4, -0.2) is 11.7 Å². The molecule has 1 N–H and O–H groups in total. The Kier molecular flexibility index (Phi) is 4.79. The van der Waals surface area contributed by atoms with E-state index in [1.54, 1.807) is 0 Å². The summed E-state index contributed by atoms with van der Waals surface area (Å²) in [6, 6.07) is 8.23. The van der Waals surface area contributed by atoms with Crippen molar-refractivity contribution in [1.29, 1.82) is 0 Å². The summed E-state index contributed by atoms with van der Waals surface area (Å²) in [7, 11) is 0. The Morgan fingerprint density at radius 3 is 2.85 bits per heavy atom. The average molecular weight is 241 g/mol. The van der Waals surface area contributed by atoms with E-state index in [1.165, 1.54) is 5.56 Å². The second-order valence-electron chi connectivity index (χ2n) is 2.82. The van der Waals surface area contributed by atoms with E-state index in [1.807, 2.05) is 18.2 Å². The van der Waals surface area contributed by atoms with Crippen LogP contribution in [0.1, 0.15) is 12.0 Å². The molecule has 0 aliphatic rings. The second kappa shape index (κ2) is 5.95. The maximum absolute atomic E-state index is 8.55. The van der Waals surface area contributed by atoms with E-state index in [0.717, 1.165) is 17.3 Å². The molecular formula is C11H13BrO. The van der Waals surface area contributed by atoms with Crippen molar-refractivity contribution in [3.8, 4) is 0 Å². The van der Waals surface area contributed by atoms with Gasteiger partial charge in [-0.25, -0.2) is 0 Å². The summed E-state index contributed by atoms with van der Waals surface area (Å²) in [5.74, 6) is 0. The highest BCUT2D eigenvalue weighted by Gasteiger charge is 1.89. The quantitative estimate of drug-likeness (QED) is 0.803. The van der Waals surface area contributed by atoms with E-state index >= 15 is 0 Å². The molecule has 70 valence electrons. The molecule has 0 aromatic heterocycles. The molecule has 0 bridgehead atoms. The molecule has 0 amide bonds. The summed E-state index contributed by atoms with van der Waals surface area (Å²) in [4.78, 5) is 0. The van der Waals surface area contributed by atoms with Crippen molar-refractivity contribution in [2.45, 2.75) is 12.8 Å². The highest BCUT2D eigenvalue weighted by molar-refractivity contribution is 9.10. The van der Waals surface area contributed by atoms with Gasteiger partial charge in [-0.2, -0.15) is 0 Å². The monoisotopic (exact) mass is 240 g/mol. The highest BCUT2D eigenvalue weighted by Crippen LogP contribution is 2.12. The van der Waals surface area contributed by atoms with Crippen LogP contribution in [0.2, 0.25) is 0 Å². The van der Waals surface area contributed by atoms with Gasteiger partial charge in [0.15, 0.2) is 0 Å². The summed E-state index contributed by atoms with van der Waals surface area (Å²) < 4.78 is 1.11.